The molecule has 0 atom stereocenters. The summed E-state index contributed by atoms with van der Waals surface area (Å²) in [6.45, 7) is 0. The predicted octanol–water partition coefficient (Wildman–Crippen LogP) is 4.09. The number of hydrogen-bond acceptors (Lipinski definition) is 4. The van der Waals surface area contributed by atoms with Gasteiger partial charge in [0.15, 0.2) is 0 Å². The van der Waals surface area contributed by atoms with E-state index in [0.717, 1.165) is 0 Å². The topological polar surface area (TPSA) is 63.7 Å². The van der Waals surface area contributed by atoms with Gasteiger partial charge in [0.2, 0.25) is 0 Å². The smallest absolute Gasteiger partial charge is 0.324 e. The molecular formula is C17H7F6NO4. The van der Waals surface area contributed by atoms with Crippen molar-refractivity contribution in [2.24, 2.45) is 0 Å². The first-order valence-electron chi connectivity index (χ1n) is 7.40. The van der Waals surface area contributed by atoms with Crippen LogP contribution in [-0.2, 0) is 17.2 Å². The lowest BCUT2D eigenvalue weighted by Crippen LogP contribution is -2.33. The van der Waals surface area contributed by atoms with E-state index in [0.29, 0.717) is 0 Å². The van der Waals surface area contributed by atoms with Crippen LogP contribution in [0.25, 0.3) is 0 Å². The summed E-state index contributed by atoms with van der Waals surface area (Å²) in [7, 11) is 0. The van der Waals surface area contributed by atoms with Crippen molar-refractivity contribution in [3.8, 4) is 0 Å². The van der Waals surface area contributed by atoms with Crippen molar-refractivity contribution in [3.05, 3.63) is 70.3 Å². The van der Waals surface area contributed by atoms with Gasteiger partial charge in [-0.25, -0.2) is 4.79 Å². The fourth-order valence-electron chi connectivity index (χ4n) is 2.52. The number of hydroxylamine groups is 2. The molecular weight excluding hydrogens is 396 g/mol. The Labute approximate surface area is 152 Å². The fraction of sp³-hybridized carbons (Fsp3) is 0.118. The Morgan fingerprint density at radius 3 is 1.82 bits per heavy atom. The van der Waals surface area contributed by atoms with Gasteiger partial charge in [-0.15, -0.1) is 0 Å². The van der Waals surface area contributed by atoms with Crippen molar-refractivity contribution in [2.45, 2.75) is 12.4 Å². The maximum Gasteiger partial charge on any atom is 0.417 e. The highest BCUT2D eigenvalue weighted by Crippen LogP contribution is 2.37. The van der Waals surface area contributed by atoms with Gasteiger partial charge in [-0.2, -0.15) is 26.3 Å². The molecule has 1 aliphatic rings. The van der Waals surface area contributed by atoms with E-state index in [1.165, 1.54) is 24.3 Å². The van der Waals surface area contributed by atoms with E-state index in [1.54, 1.807) is 0 Å². The molecule has 0 saturated carbocycles. The molecule has 3 rings (SSSR count). The van der Waals surface area contributed by atoms with Crippen molar-refractivity contribution in [2.75, 3.05) is 0 Å². The second kappa shape index (κ2) is 6.36. The normalized spacial score (nSPS) is 14.3. The van der Waals surface area contributed by atoms with Crippen LogP contribution in [0.15, 0.2) is 42.5 Å². The van der Waals surface area contributed by atoms with Crippen molar-refractivity contribution in [3.63, 3.8) is 0 Å². The highest BCUT2D eigenvalue weighted by atomic mass is 19.4. The molecule has 0 fully saturated rings. The number of amides is 2. The second-order valence-corrected chi connectivity index (χ2v) is 5.58. The third-order valence-corrected chi connectivity index (χ3v) is 3.80. The summed E-state index contributed by atoms with van der Waals surface area (Å²) < 4.78 is 77.5. The highest BCUT2D eigenvalue weighted by Gasteiger charge is 2.42. The summed E-state index contributed by atoms with van der Waals surface area (Å²) >= 11 is 0. The van der Waals surface area contributed by atoms with Crippen LogP contribution >= 0.6 is 0 Å². The Balaban J connectivity index is 1.96. The van der Waals surface area contributed by atoms with Gasteiger partial charge in [0.1, 0.15) is 0 Å². The first-order chi connectivity index (χ1) is 12.9. The zero-order valence-electron chi connectivity index (χ0n) is 13.4. The summed E-state index contributed by atoms with van der Waals surface area (Å²) in [5.74, 6) is -3.99. The molecule has 0 radical (unpaired) electrons. The minimum Gasteiger partial charge on any atom is -0.324 e. The van der Waals surface area contributed by atoms with E-state index in [2.05, 4.69) is 4.84 Å². The number of hydrogen-bond donors (Lipinski definition) is 0. The van der Waals surface area contributed by atoms with Crippen molar-refractivity contribution >= 4 is 17.8 Å². The third-order valence-electron chi connectivity index (χ3n) is 3.80. The first kappa shape index (κ1) is 19.4. The van der Waals surface area contributed by atoms with Gasteiger partial charge >= 0.3 is 18.3 Å². The molecule has 1 aliphatic heterocycles. The van der Waals surface area contributed by atoms with Crippen LogP contribution in [0, 0.1) is 0 Å². The molecule has 0 bridgehead atoms. The monoisotopic (exact) mass is 403 g/mol. The molecule has 2 aromatic carbocycles. The lowest BCUT2D eigenvalue weighted by molar-refractivity contribution is -0.143. The number of imide groups is 1. The third kappa shape index (κ3) is 3.30. The number of carbonyl (C=O) groups excluding carboxylic acids is 3. The SMILES string of the molecule is O=C(ON1C(=O)c2ccccc2C1=O)c1ccc(C(F)(F)F)cc1C(F)(F)F. The average Bonchev–Trinajstić information content (AvgIpc) is 2.85. The van der Waals surface area contributed by atoms with Crippen LogP contribution < -0.4 is 0 Å². The van der Waals surface area contributed by atoms with Crippen molar-refractivity contribution in [1.29, 1.82) is 0 Å². The summed E-state index contributed by atoms with van der Waals surface area (Å²) in [6.07, 6.45) is -10.4. The van der Waals surface area contributed by atoms with Gasteiger partial charge < -0.3 is 4.84 Å². The standard InChI is InChI=1S/C17H7F6NO4/c18-16(19,20)8-5-6-11(12(7-8)17(21,22)23)15(27)28-24-13(25)9-3-1-2-4-10(9)14(24)26/h1-7H. The summed E-state index contributed by atoms with van der Waals surface area (Å²) in [4.78, 5) is 40.8. The molecule has 0 aromatic heterocycles. The Bertz CT molecular complexity index is 961. The molecule has 5 nitrogen and oxygen atoms in total. The second-order valence-electron chi connectivity index (χ2n) is 5.58. The van der Waals surface area contributed by atoms with E-state index in [4.69, 9.17) is 0 Å². The van der Waals surface area contributed by atoms with Crippen LogP contribution in [0.1, 0.15) is 42.2 Å². The first-order valence-corrected chi connectivity index (χ1v) is 7.40. The molecule has 2 amide bonds. The molecule has 0 N–H and O–H groups in total. The van der Waals surface area contributed by atoms with Gasteiger partial charge in [-0.3, -0.25) is 9.59 Å². The Morgan fingerprint density at radius 2 is 1.36 bits per heavy atom. The summed E-state index contributed by atoms with van der Waals surface area (Å²) in [5, 5.41) is -0.0369. The molecule has 1 heterocycles. The minimum absolute atomic E-state index is 0.0369. The molecule has 11 heteroatoms. The van der Waals surface area contributed by atoms with E-state index in [9.17, 15) is 40.7 Å². The number of nitrogens with zero attached hydrogens (tertiary/aromatic N) is 1. The molecule has 0 saturated heterocycles. The number of fused-ring (bicyclic) bond motifs is 1. The lowest BCUT2D eigenvalue weighted by atomic mass is 10.0. The zero-order chi connectivity index (χ0) is 20.9. The predicted molar refractivity (Wildman–Crippen MR) is 78.8 cm³/mol. The fourth-order valence-corrected chi connectivity index (χ4v) is 2.52. The van der Waals surface area contributed by atoms with Crippen molar-refractivity contribution < 1.29 is 45.6 Å². The van der Waals surface area contributed by atoms with E-state index in [1.807, 2.05) is 0 Å². The Kier molecular flexibility index (Phi) is 4.40. The van der Waals surface area contributed by atoms with Gasteiger partial charge in [0, 0.05) is 0 Å². The number of carbonyl (C=O) groups is 3. The zero-order valence-corrected chi connectivity index (χ0v) is 13.4. The van der Waals surface area contributed by atoms with Crippen LogP contribution in [-0.4, -0.2) is 22.8 Å². The van der Waals surface area contributed by atoms with E-state index < -0.39 is 46.8 Å². The van der Waals surface area contributed by atoms with Gasteiger partial charge in [-0.05, 0) is 30.3 Å². The van der Waals surface area contributed by atoms with Crippen molar-refractivity contribution in [1.82, 2.24) is 5.06 Å². The van der Waals surface area contributed by atoms with Gasteiger partial charge in [0.05, 0.1) is 27.8 Å². The number of halogens is 6. The van der Waals surface area contributed by atoms with Gasteiger partial charge in [-0.1, -0.05) is 17.2 Å². The maximum absolute atomic E-state index is 13.1. The number of benzene rings is 2. The molecule has 0 unspecified atom stereocenters. The molecule has 0 spiro atoms. The lowest BCUT2D eigenvalue weighted by Gasteiger charge is -2.17. The van der Waals surface area contributed by atoms with Crippen LogP contribution in [0.5, 0.6) is 0 Å². The minimum atomic E-state index is -5.32. The quantitative estimate of drug-likeness (QED) is 0.560. The largest absolute Gasteiger partial charge is 0.417 e. The van der Waals surface area contributed by atoms with Crippen LogP contribution in [0.4, 0.5) is 26.3 Å². The highest BCUT2D eigenvalue weighted by molar-refractivity contribution is 6.21. The summed E-state index contributed by atoms with van der Waals surface area (Å²) in [6, 6.07) is 5.57. The molecule has 2 aromatic rings. The molecule has 146 valence electrons. The molecule has 0 aliphatic carbocycles. The van der Waals surface area contributed by atoms with Crippen LogP contribution in [0.3, 0.4) is 0 Å². The Hall–Kier alpha value is -3.37. The van der Waals surface area contributed by atoms with E-state index >= 15 is 0 Å². The molecule has 28 heavy (non-hydrogen) atoms. The maximum atomic E-state index is 13.1. The van der Waals surface area contributed by atoms with Crippen LogP contribution in [0.2, 0.25) is 0 Å². The number of rotatable bonds is 2. The average molecular weight is 403 g/mol. The van der Waals surface area contributed by atoms with Gasteiger partial charge in [0.25, 0.3) is 11.8 Å². The number of alkyl halides is 6. The Morgan fingerprint density at radius 1 is 0.821 bits per heavy atom. The summed E-state index contributed by atoms with van der Waals surface area (Å²) in [5.41, 5.74) is -5.09. The van der Waals surface area contributed by atoms with E-state index in [-0.39, 0.29) is 34.4 Å².